The van der Waals surface area contributed by atoms with E-state index in [2.05, 4.69) is 4.98 Å². The van der Waals surface area contributed by atoms with E-state index >= 15 is 0 Å². The monoisotopic (exact) mass is 249 g/mol. The highest BCUT2D eigenvalue weighted by molar-refractivity contribution is 7.15. The summed E-state index contributed by atoms with van der Waals surface area (Å²) in [6.45, 7) is 1.69. The van der Waals surface area contributed by atoms with Crippen LogP contribution in [0.5, 0.6) is 0 Å². The molecular weight excluding hydrogens is 239 g/mol. The van der Waals surface area contributed by atoms with E-state index in [4.69, 9.17) is 5.73 Å². The second-order valence-electron chi connectivity index (χ2n) is 3.55. The van der Waals surface area contributed by atoms with Gasteiger partial charge in [0.15, 0.2) is 4.96 Å². The van der Waals surface area contributed by atoms with Crippen LogP contribution in [0.1, 0.15) is 11.4 Å². The summed E-state index contributed by atoms with van der Waals surface area (Å²) in [4.78, 5) is 4.86. The fourth-order valence-electron chi connectivity index (χ4n) is 1.51. The van der Waals surface area contributed by atoms with Crippen molar-refractivity contribution in [2.24, 2.45) is 5.73 Å². The molecule has 88 valence electrons. The summed E-state index contributed by atoms with van der Waals surface area (Å²) in [6.07, 6.45) is -2.90. The van der Waals surface area contributed by atoms with E-state index in [1.807, 2.05) is 0 Å². The van der Waals surface area contributed by atoms with Gasteiger partial charge in [-0.3, -0.25) is 4.40 Å². The molecule has 2 rings (SSSR count). The molecule has 0 aliphatic rings. The fourth-order valence-corrected chi connectivity index (χ4v) is 2.29. The van der Waals surface area contributed by atoms with E-state index < -0.39 is 12.2 Å². The molecule has 1 atom stereocenters. The van der Waals surface area contributed by atoms with Crippen LogP contribution in [0.2, 0.25) is 0 Å². The van der Waals surface area contributed by atoms with Gasteiger partial charge >= 0.3 is 6.18 Å². The third kappa shape index (κ3) is 1.92. The minimum atomic E-state index is -4.37. The van der Waals surface area contributed by atoms with Gasteiger partial charge in [-0.15, -0.1) is 11.3 Å². The number of hydrogen-bond acceptors (Lipinski definition) is 3. The third-order valence-corrected chi connectivity index (χ3v) is 3.15. The largest absolute Gasteiger partial charge is 0.404 e. The highest BCUT2D eigenvalue weighted by Gasteiger charge is 2.37. The highest BCUT2D eigenvalue weighted by atomic mass is 32.1. The minimum absolute atomic E-state index is 0.243. The van der Waals surface area contributed by atoms with Crippen molar-refractivity contribution in [1.29, 1.82) is 0 Å². The lowest BCUT2D eigenvalue weighted by molar-refractivity contribution is -0.147. The molecule has 0 aliphatic carbocycles. The number of halogens is 3. The van der Waals surface area contributed by atoms with Crippen LogP contribution < -0.4 is 5.73 Å². The number of nitrogens with two attached hydrogens (primary N) is 1. The number of imidazole rings is 1. The van der Waals surface area contributed by atoms with E-state index in [0.29, 0.717) is 16.3 Å². The van der Waals surface area contributed by atoms with Gasteiger partial charge in [-0.05, 0) is 6.92 Å². The van der Waals surface area contributed by atoms with Gasteiger partial charge in [0.05, 0.1) is 5.69 Å². The van der Waals surface area contributed by atoms with Crippen LogP contribution in [0.4, 0.5) is 13.2 Å². The number of aromatic nitrogens is 2. The van der Waals surface area contributed by atoms with Gasteiger partial charge in [-0.1, -0.05) is 0 Å². The predicted octanol–water partition coefficient (Wildman–Crippen LogP) is 2.14. The fraction of sp³-hybridized carbons (Fsp3) is 0.444. The summed E-state index contributed by atoms with van der Waals surface area (Å²) >= 11 is 1.39. The van der Waals surface area contributed by atoms with Crippen molar-refractivity contribution in [3.63, 3.8) is 0 Å². The Labute approximate surface area is 93.7 Å². The van der Waals surface area contributed by atoms with Crippen LogP contribution in [-0.4, -0.2) is 21.6 Å². The summed E-state index contributed by atoms with van der Waals surface area (Å²) < 4.78 is 38.7. The standard InChI is InChI=1S/C9H10F3N3S/c1-5-6(4-7(13)9(10,11)12)15-2-3-16-8(15)14-5/h2-3,7H,4,13H2,1H3. The lowest BCUT2D eigenvalue weighted by Gasteiger charge is -2.15. The van der Waals surface area contributed by atoms with Gasteiger partial charge in [0, 0.05) is 23.7 Å². The van der Waals surface area contributed by atoms with Crippen LogP contribution in [0.15, 0.2) is 11.6 Å². The smallest absolute Gasteiger partial charge is 0.320 e. The molecule has 0 saturated carbocycles. The maximum absolute atomic E-state index is 12.3. The van der Waals surface area contributed by atoms with Gasteiger partial charge < -0.3 is 5.73 Å². The Morgan fingerprint density at radius 2 is 2.25 bits per heavy atom. The van der Waals surface area contributed by atoms with Crippen LogP contribution in [0.3, 0.4) is 0 Å². The molecule has 0 bridgehead atoms. The molecule has 0 saturated heterocycles. The van der Waals surface area contributed by atoms with Crippen LogP contribution in [0.25, 0.3) is 4.96 Å². The number of thiazole rings is 1. The van der Waals surface area contributed by atoms with Crippen molar-refractivity contribution in [2.45, 2.75) is 25.6 Å². The third-order valence-electron chi connectivity index (χ3n) is 2.39. The molecular formula is C9H10F3N3S. The van der Waals surface area contributed by atoms with Gasteiger partial charge in [0.1, 0.15) is 6.04 Å². The Hall–Kier alpha value is -1.08. The molecule has 2 heterocycles. The van der Waals surface area contributed by atoms with Gasteiger partial charge in [0.25, 0.3) is 0 Å². The molecule has 1 unspecified atom stereocenters. The van der Waals surface area contributed by atoms with E-state index in [-0.39, 0.29) is 6.42 Å². The number of rotatable bonds is 2. The lowest BCUT2D eigenvalue weighted by atomic mass is 10.1. The molecule has 7 heteroatoms. The topological polar surface area (TPSA) is 43.3 Å². The number of alkyl halides is 3. The number of nitrogens with zero attached hydrogens (tertiary/aromatic N) is 2. The summed E-state index contributed by atoms with van der Waals surface area (Å²) in [5, 5.41) is 1.78. The zero-order chi connectivity index (χ0) is 11.9. The molecule has 2 aromatic rings. The second kappa shape index (κ2) is 3.74. The maximum Gasteiger partial charge on any atom is 0.404 e. The summed E-state index contributed by atoms with van der Waals surface area (Å²) in [5.74, 6) is 0. The molecule has 2 aromatic heterocycles. The van der Waals surface area contributed by atoms with E-state index in [1.165, 1.54) is 11.3 Å². The van der Waals surface area contributed by atoms with Gasteiger partial charge in [-0.2, -0.15) is 13.2 Å². The number of aryl methyl sites for hydroxylation is 1. The number of hydrogen-bond donors (Lipinski definition) is 1. The van der Waals surface area contributed by atoms with Crippen molar-refractivity contribution in [3.8, 4) is 0 Å². The molecule has 0 aromatic carbocycles. The van der Waals surface area contributed by atoms with Crippen molar-refractivity contribution >= 4 is 16.3 Å². The molecule has 0 fully saturated rings. The first kappa shape index (κ1) is 11.4. The molecule has 0 amide bonds. The first-order valence-corrected chi connectivity index (χ1v) is 5.51. The average molecular weight is 249 g/mol. The first-order chi connectivity index (χ1) is 7.39. The first-order valence-electron chi connectivity index (χ1n) is 4.63. The van der Waals surface area contributed by atoms with E-state index in [1.54, 1.807) is 22.9 Å². The molecule has 0 aliphatic heterocycles. The average Bonchev–Trinajstić information content (AvgIpc) is 2.68. The summed E-state index contributed by atoms with van der Waals surface area (Å²) in [7, 11) is 0. The van der Waals surface area contributed by atoms with Gasteiger partial charge in [-0.25, -0.2) is 4.98 Å². The molecule has 0 radical (unpaired) electrons. The SMILES string of the molecule is Cc1nc2sccn2c1CC(N)C(F)(F)F. The van der Waals surface area contributed by atoms with Crippen LogP contribution in [-0.2, 0) is 6.42 Å². The van der Waals surface area contributed by atoms with Crippen molar-refractivity contribution in [1.82, 2.24) is 9.38 Å². The molecule has 3 nitrogen and oxygen atoms in total. The van der Waals surface area contributed by atoms with Crippen LogP contribution >= 0.6 is 11.3 Å². The normalized spacial score (nSPS) is 14.6. The van der Waals surface area contributed by atoms with Gasteiger partial charge in [0.2, 0.25) is 0 Å². The zero-order valence-electron chi connectivity index (χ0n) is 8.45. The Bertz CT molecular complexity index is 500. The van der Waals surface area contributed by atoms with E-state index in [9.17, 15) is 13.2 Å². The second-order valence-corrected chi connectivity index (χ2v) is 4.42. The van der Waals surface area contributed by atoms with Crippen molar-refractivity contribution < 1.29 is 13.2 Å². The highest BCUT2D eigenvalue weighted by Crippen LogP contribution is 2.24. The molecule has 0 spiro atoms. The Balaban J connectivity index is 2.33. The number of fused-ring (bicyclic) bond motifs is 1. The van der Waals surface area contributed by atoms with E-state index in [0.717, 1.165) is 0 Å². The molecule has 2 N–H and O–H groups in total. The molecule has 16 heavy (non-hydrogen) atoms. The Morgan fingerprint density at radius 1 is 1.56 bits per heavy atom. The summed E-state index contributed by atoms with van der Waals surface area (Å²) in [5.41, 5.74) is 6.24. The lowest BCUT2D eigenvalue weighted by Crippen LogP contribution is -2.39. The van der Waals surface area contributed by atoms with Crippen LogP contribution in [0, 0.1) is 6.92 Å². The van der Waals surface area contributed by atoms with Crippen molar-refractivity contribution in [3.05, 3.63) is 23.0 Å². The Morgan fingerprint density at radius 3 is 2.88 bits per heavy atom. The quantitative estimate of drug-likeness (QED) is 0.886. The predicted molar refractivity (Wildman–Crippen MR) is 55.5 cm³/mol. The van der Waals surface area contributed by atoms with Crippen molar-refractivity contribution in [2.75, 3.05) is 0 Å². The maximum atomic E-state index is 12.3. The Kier molecular flexibility index (Phi) is 2.67. The minimum Gasteiger partial charge on any atom is -0.320 e. The summed E-state index contributed by atoms with van der Waals surface area (Å²) in [6, 6.07) is -1.84. The zero-order valence-corrected chi connectivity index (χ0v) is 9.27.